The number of thiophene rings is 1. The highest BCUT2D eigenvalue weighted by Gasteiger charge is 2.13. The summed E-state index contributed by atoms with van der Waals surface area (Å²) in [6.07, 6.45) is 0. The van der Waals surface area contributed by atoms with Gasteiger partial charge in [-0.15, -0.1) is 11.3 Å². The van der Waals surface area contributed by atoms with Crippen LogP contribution in [0.1, 0.15) is 28.7 Å². The molecule has 0 aliphatic rings. The van der Waals surface area contributed by atoms with Gasteiger partial charge in [-0.25, -0.2) is 14.8 Å². The first-order valence-corrected chi connectivity index (χ1v) is 10.5. The number of aryl methyl sites for hydroxylation is 2. The molecule has 0 N–H and O–H groups in total. The smallest absolute Gasteiger partial charge is 0.338 e. The molecule has 28 heavy (non-hydrogen) atoms. The van der Waals surface area contributed by atoms with E-state index in [1.54, 1.807) is 41.0 Å². The highest BCUT2D eigenvalue weighted by molar-refractivity contribution is 7.14. The summed E-state index contributed by atoms with van der Waals surface area (Å²) >= 11 is 3.14. The van der Waals surface area contributed by atoms with Gasteiger partial charge in [0, 0.05) is 22.9 Å². The number of carbonyl (C=O) groups excluding carboxylic acids is 1. The van der Waals surface area contributed by atoms with Gasteiger partial charge in [0.2, 0.25) is 0 Å². The molecule has 0 saturated heterocycles. The fourth-order valence-corrected chi connectivity index (χ4v) is 4.45. The van der Waals surface area contributed by atoms with Crippen LogP contribution in [0, 0.1) is 6.92 Å². The van der Waals surface area contributed by atoms with Crippen LogP contribution in [-0.4, -0.2) is 20.5 Å². The van der Waals surface area contributed by atoms with Gasteiger partial charge >= 0.3 is 5.97 Å². The molecule has 4 aromatic rings. The summed E-state index contributed by atoms with van der Waals surface area (Å²) in [4.78, 5) is 33.5. The van der Waals surface area contributed by atoms with Crippen molar-refractivity contribution in [1.29, 1.82) is 0 Å². The predicted molar refractivity (Wildman–Crippen MR) is 111 cm³/mol. The first-order chi connectivity index (χ1) is 13.6. The Balaban J connectivity index is 1.53. The third-order valence-corrected chi connectivity index (χ3v) is 5.96. The fraction of sp³-hybridized carbons (Fsp3) is 0.200. The van der Waals surface area contributed by atoms with Crippen molar-refractivity contribution in [3.8, 4) is 10.6 Å². The quantitative estimate of drug-likeness (QED) is 0.459. The number of nitrogens with zero attached hydrogens (tertiary/aromatic N) is 3. The lowest BCUT2D eigenvalue weighted by molar-refractivity contribution is 0.0468. The minimum absolute atomic E-state index is 0.110. The number of rotatable bonds is 5. The van der Waals surface area contributed by atoms with Crippen LogP contribution in [0.2, 0.25) is 0 Å². The molecule has 0 atom stereocenters. The predicted octanol–water partition coefficient (Wildman–Crippen LogP) is 4.27. The molecule has 3 heterocycles. The maximum absolute atomic E-state index is 12.5. The summed E-state index contributed by atoms with van der Waals surface area (Å²) in [7, 11) is 0. The molecule has 8 heteroatoms. The third kappa shape index (κ3) is 3.48. The lowest BCUT2D eigenvalue weighted by Gasteiger charge is -2.10. The molecule has 0 spiro atoms. The largest absolute Gasteiger partial charge is 0.456 e. The Morgan fingerprint density at radius 1 is 1.21 bits per heavy atom. The summed E-state index contributed by atoms with van der Waals surface area (Å²) in [5, 5.41) is 6.85. The van der Waals surface area contributed by atoms with Gasteiger partial charge in [-0.1, -0.05) is 0 Å². The van der Waals surface area contributed by atoms with Gasteiger partial charge in [0.05, 0.1) is 22.3 Å². The SMILES string of the molecule is CCn1c(=O)c(C)nc2cc(C(=O)OCc3csc(-c4ccsc4)n3)ccc21. The number of fused-ring (bicyclic) bond motifs is 1. The van der Waals surface area contributed by atoms with E-state index in [9.17, 15) is 9.59 Å². The standard InChI is InChI=1S/C20H17N3O3S2/c1-3-23-17-5-4-13(8-16(17)21-12(2)19(23)24)20(25)26-9-15-11-28-18(22-15)14-6-7-27-10-14/h4-8,10-11H,3,9H2,1-2H3. The van der Waals surface area contributed by atoms with Gasteiger partial charge in [0.15, 0.2) is 0 Å². The Labute approximate surface area is 169 Å². The third-order valence-electron chi connectivity index (χ3n) is 4.33. The second kappa shape index (κ2) is 7.65. The van der Waals surface area contributed by atoms with E-state index >= 15 is 0 Å². The van der Waals surface area contributed by atoms with E-state index in [0.29, 0.717) is 34.5 Å². The number of ether oxygens (including phenoxy) is 1. The first-order valence-electron chi connectivity index (χ1n) is 8.72. The molecule has 3 aromatic heterocycles. The Morgan fingerprint density at radius 3 is 2.82 bits per heavy atom. The molecule has 142 valence electrons. The van der Waals surface area contributed by atoms with E-state index in [4.69, 9.17) is 4.74 Å². The number of aromatic nitrogens is 3. The summed E-state index contributed by atoms with van der Waals surface area (Å²) in [6, 6.07) is 7.07. The van der Waals surface area contributed by atoms with Crippen LogP contribution in [0.15, 0.2) is 45.2 Å². The van der Waals surface area contributed by atoms with Crippen LogP contribution in [0.25, 0.3) is 21.6 Å². The van der Waals surface area contributed by atoms with Gasteiger partial charge in [-0.2, -0.15) is 11.3 Å². The summed E-state index contributed by atoms with van der Waals surface area (Å²) < 4.78 is 7.06. The van der Waals surface area contributed by atoms with Crippen LogP contribution in [0.5, 0.6) is 0 Å². The summed E-state index contributed by atoms with van der Waals surface area (Å²) in [5.74, 6) is -0.444. The topological polar surface area (TPSA) is 74.1 Å². The number of benzene rings is 1. The zero-order chi connectivity index (χ0) is 19.7. The Bertz CT molecular complexity index is 1210. The van der Waals surface area contributed by atoms with E-state index in [-0.39, 0.29) is 12.2 Å². The molecular weight excluding hydrogens is 394 g/mol. The van der Waals surface area contributed by atoms with Crippen LogP contribution in [0.3, 0.4) is 0 Å². The van der Waals surface area contributed by atoms with Crippen molar-refractivity contribution < 1.29 is 9.53 Å². The van der Waals surface area contributed by atoms with Crippen LogP contribution in [-0.2, 0) is 17.9 Å². The highest BCUT2D eigenvalue weighted by atomic mass is 32.1. The Morgan fingerprint density at radius 2 is 2.07 bits per heavy atom. The van der Waals surface area contributed by atoms with E-state index in [1.165, 1.54) is 11.3 Å². The molecule has 4 rings (SSSR count). The first kappa shape index (κ1) is 18.5. The minimum atomic E-state index is -0.444. The molecule has 0 amide bonds. The zero-order valence-electron chi connectivity index (χ0n) is 15.3. The van der Waals surface area contributed by atoms with E-state index in [2.05, 4.69) is 9.97 Å². The van der Waals surface area contributed by atoms with E-state index < -0.39 is 5.97 Å². The highest BCUT2D eigenvalue weighted by Crippen LogP contribution is 2.26. The van der Waals surface area contributed by atoms with E-state index in [0.717, 1.165) is 10.6 Å². The molecule has 6 nitrogen and oxygen atoms in total. The van der Waals surface area contributed by atoms with Gasteiger partial charge in [0.1, 0.15) is 17.3 Å². The van der Waals surface area contributed by atoms with Crippen molar-refractivity contribution in [2.75, 3.05) is 0 Å². The van der Waals surface area contributed by atoms with Gasteiger partial charge in [-0.05, 0) is 43.5 Å². The minimum Gasteiger partial charge on any atom is -0.456 e. The Hall–Kier alpha value is -2.84. The Kier molecular flexibility index (Phi) is 5.06. The van der Waals surface area contributed by atoms with Crippen molar-refractivity contribution in [1.82, 2.24) is 14.5 Å². The van der Waals surface area contributed by atoms with Crippen molar-refractivity contribution in [3.05, 3.63) is 67.7 Å². The maximum Gasteiger partial charge on any atom is 0.338 e. The molecule has 0 fully saturated rings. The average molecular weight is 412 g/mol. The molecular formula is C20H17N3O3S2. The van der Waals surface area contributed by atoms with E-state index in [1.807, 2.05) is 29.1 Å². The van der Waals surface area contributed by atoms with Crippen LogP contribution < -0.4 is 5.56 Å². The van der Waals surface area contributed by atoms with Gasteiger partial charge in [0.25, 0.3) is 5.56 Å². The van der Waals surface area contributed by atoms with Crippen molar-refractivity contribution in [2.24, 2.45) is 0 Å². The molecule has 0 aliphatic carbocycles. The monoisotopic (exact) mass is 411 g/mol. The number of thiazole rings is 1. The van der Waals surface area contributed by atoms with Crippen molar-refractivity contribution in [3.63, 3.8) is 0 Å². The molecule has 0 aliphatic heterocycles. The molecule has 1 aromatic carbocycles. The number of hydrogen-bond donors (Lipinski definition) is 0. The average Bonchev–Trinajstić information content (AvgIpc) is 3.38. The second-order valence-corrected chi connectivity index (χ2v) is 7.82. The lowest BCUT2D eigenvalue weighted by Crippen LogP contribution is -2.23. The van der Waals surface area contributed by atoms with Crippen LogP contribution >= 0.6 is 22.7 Å². The second-order valence-electron chi connectivity index (χ2n) is 6.18. The summed E-state index contributed by atoms with van der Waals surface area (Å²) in [6.45, 7) is 4.23. The number of esters is 1. The van der Waals surface area contributed by atoms with Crippen molar-refractivity contribution in [2.45, 2.75) is 27.0 Å². The van der Waals surface area contributed by atoms with Crippen molar-refractivity contribution >= 4 is 39.7 Å². The van der Waals surface area contributed by atoms with Gasteiger partial charge < -0.3 is 9.30 Å². The molecule has 0 radical (unpaired) electrons. The van der Waals surface area contributed by atoms with Gasteiger partial charge in [-0.3, -0.25) is 4.79 Å². The van der Waals surface area contributed by atoms with Crippen LogP contribution in [0.4, 0.5) is 0 Å². The fourth-order valence-electron chi connectivity index (χ4n) is 2.93. The molecule has 0 unspecified atom stereocenters. The lowest BCUT2D eigenvalue weighted by atomic mass is 10.2. The number of hydrogen-bond acceptors (Lipinski definition) is 7. The molecule has 0 saturated carbocycles. The summed E-state index contributed by atoms with van der Waals surface area (Å²) in [5.41, 5.74) is 3.78. The molecule has 0 bridgehead atoms. The maximum atomic E-state index is 12.5. The number of carbonyl (C=O) groups is 1. The normalized spacial score (nSPS) is 11.1. The zero-order valence-corrected chi connectivity index (χ0v) is 17.0.